The summed E-state index contributed by atoms with van der Waals surface area (Å²) in [6.45, 7) is 2.57. The van der Waals surface area contributed by atoms with Crippen molar-refractivity contribution in [3.63, 3.8) is 0 Å². The fourth-order valence-corrected chi connectivity index (χ4v) is 6.32. The van der Waals surface area contributed by atoms with Gasteiger partial charge in [-0.2, -0.15) is 0 Å². The number of fused-ring (bicyclic) bond motifs is 1. The van der Waals surface area contributed by atoms with Crippen LogP contribution >= 0.6 is 15.9 Å². The number of nitrogens with one attached hydrogen (secondary N) is 1. The number of amides is 2. The third-order valence-electron chi connectivity index (χ3n) is 5.50. The highest BCUT2D eigenvalue weighted by Crippen LogP contribution is 2.36. The van der Waals surface area contributed by atoms with Gasteiger partial charge in [0.05, 0.1) is 10.6 Å². The maximum Gasteiger partial charge on any atom is 0.223 e. The Bertz CT molecular complexity index is 940. The number of halogens is 1. The minimum atomic E-state index is -3.66. The molecule has 0 atom stereocenters. The Balaban J connectivity index is 1.59. The molecule has 2 amide bonds. The van der Waals surface area contributed by atoms with E-state index in [-0.39, 0.29) is 28.9 Å². The summed E-state index contributed by atoms with van der Waals surface area (Å²) in [5, 5.41) is 2.82. The molecule has 6 nitrogen and oxygen atoms in total. The van der Waals surface area contributed by atoms with Gasteiger partial charge in [0.25, 0.3) is 0 Å². The zero-order valence-corrected chi connectivity index (χ0v) is 19.1. The summed E-state index contributed by atoms with van der Waals surface area (Å²) in [5.74, 6) is -0.631. The molecule has 1 aromatic rings. The first kappa shape index (κ1) is 22.0. The molecule has 0 fully saturated rings. The summed E-state index contributed by atoms with van der Waals surface area (Å²) in [7, 11) is -3.66. The van der Waals surface area contributed by atoms with Gasteiger partial charge in [-0.1, -0.05) is 11.6 Å². The smallest absolute Gasteiger partial charge is 0.223 e. The first-order valence-corrected chi connectivity index (χ1v) is 12.5. The lowest BCUT2D eigenvalue weighted by Crippen LogP contribution is -2.27. The molecule has 0 unspecified atom stereocenters. The van der Waals surface area contributed by atoms with E-state index >= 15 is 0 Å². The Kier molecular flexibility index (Phi) is 7.16. The van der Waals surface area contributed by atoms with Gasteiger partial charge >= 0.3 is 0 Å². The van der Waals surface area contributed by atoms with Crippen LogP contribution in [-0.4, -0.2) is 39.1 Å². The summed E-state index contributed by atoms with van der Waals surface area (Å²) in [4.78, 5) is 25.6. The molecule has 0 saturated carbocycles. The Morgan fingerprint density at radius 1 is 1.21 bits per heavy atom. The number of carbonyl (C=O) groups is 2. The summed E-state index contributed by atoms with van der Waals surface area (Å²) >= 11 is 3.35. The monoisotopic (exact) mass is 482 g/mol. The van der Waals surface area contributed by atoms with Gasteiger partial charge in [-0.15, -0.1) is 0 Å². The van der Waals surface area contributed by atoms with Crippen molar-refractivity contribution in [2.24, 2.45) is 0 Å². The normalized spacial score (nSPS) is 16.3. The molecule has 158 valence electrons. The molecule has 1 aliphatic heterocycles. The van der Waals surface area contributed by atoms with Gasteiger partial charge in [-0.25, -0.2) is 8.42 Å². The van der Waals surface area contributed by atoms with Crippen LogP contribution < -0.4 is 10.2 Å². The topological polar surface area (TPSA) is 83.6 Å². The van der Waals surface area contributed by atoms with Gasteiger partial charge in [0, 0.05) is 36.6 Å². The zero-order chi connectivity index (χ0) is 21.0. The van der Waals surface area contributed by atoms with Gasteiger partial charge in [-0.3, -0.25) is 9.59 Å². The second-order valence-electron chi connectivity index (χ2n) is 7.61. The molecule has 0 aromatic heterocycles. The Hall–Kier alpha value is -1.67. The standard InChI is InChI=1S/C21H27BrN2O4S/c1-15(25)24-11-8-17-13-18(22)20(14-19(17)24)29(27,28)12-9-21(26)23-10-7-16-5-3-2-4-6-16/h5,13-14H,2-4,6-12H2,1H3,(H,23,26). The lowest BCUT2D eigenvalue weighted by molar-refractivity contribution is -0.120. The van der Waals surface area contributed by atoms with Crippen molar-refractivity contribution in [3.05, 3.63) is 33.8 Å². The van der Waals surface area contributed by atoms with Gasteiger partial charge in [-0.05, 0) is 72.2 Å². The average Bonchev–Trinajstić information content (AvgIpc) is 3.09. The molecule has 0 saturated heterocycles. The number of sulfone groups is 1. The molecule has 2 aliphatic rings. The van der Waals surface area contributed by atoms with E-state index in [1.54, 1.807) is 17.0 Å². The highest BCUT2D eigenvalue weighted by atomic mass is 79.9. The fraction of sp³-hybridized carbons (Fsp3) is 0.524. The van der Waals surface area contributed by atoms with Gasteiger partial charge in [0.1, 0.15) is 0 Å². The number of hydrogen-bond acceptors (Lipinski definition) is 4. The van der Waals surface area contributed by atoms with Crippen molar-refractivity contribution in [2.45, 2.75) is 56.8 Å². The van der Waals surface area contributed by atoms with Crippen LogP contribution in [0.25, 0.3) is 0 Å². The van der Waals surface area contributed by atoms with Crippen molar-refractivity contribution in [1.29, 1.82) is 0 Å². The van der Waals surface area contributed by atoms with Gasteiger partial charge in [0.2, 0.25) is 11.8 Å². The van der Waals surface area contributed by atoms with Gasteiger partial charge in [0.15, 0.2) is 9.84 Å². The predicted molar refractivity (Wildman–Crippen MR) is 117 cm³/mol. The molecule has 1 aromatic carbocycles. The molecule has 1 heterocycles. The number of nitrogens with zero attached hydrogens (tertiary/aromatic N) is 1. The second kappa shape index (κ2) is 9.43. The molecule has 0 spiro atoms. The highest BCUT2D eigenvalue weighted by Gasteiger charge is 2.27. The quantitative estimate of drug-likeness (QED) is 0.602. The molecule has 1 N–H and O–H groups in total. The van der Waals surface area contributed by atoms with E-state index in [1.807, 2.05) is 0 Å². The molecule has 29 heavy (non-hydrogen) atoms. The predicted octanol–water partition coefficient (Wildman–Crippen LogP) is 3.53. The first-order valence-electron chi connectivity index (χ1n) is 10.1. The Morgan fingerprint density at radius 2 is 2.00 bits per heavy atom. The van der Waals surface area contributed by atoms with Crippen LogP contribution in [0.2, 0.25) is 0 Å². The molecule has 0 bridgehead atoms. The number of anilines is 1. The minimum absolute atomic E-state index is 0.0820. The minimum Gasteiger partial charge on any atom is -0.356 e. The summed E-state index contributed by atoms with van der Waals surface area (Å²) in [6, 6.07) is 3.32. The van der Waals surface area contributed by atoms with E-state index in [0.717, 1.165) is 24.8 Å². The molecular formula is C21H27BrN2O4S. The number of carbonyl (C=O) groups excluding carboxylic acids is 2. The second-order valence-corrected chi connectivity index (χ2v) is 10.5. The average molecular weight is 483 g/mol. The largest absolute Gasteiger partial charge is 0.356 e. The molecule has 0 radical (unpaired) electrons. The number of allylic oxidation sites excluding steroid dienone is 1. The SMILES string of the molecule is CC(=O)N1CCc2cc(Br)c(S(=O)(=O)CCC(=O)NCCC3=CCCCC3)cc21. The summed E-state index contributed by atoms with van der Waals surface area (Å²) in [6.07, 6.45) is 8.33. The summed E-state index contributed by atoms with van der Waals surface area (Å²) < 4.78 is 26.1. The number of benzene rings is 1. The van der Waals surface area contributed by atoms with Crippen LogP contribution in [0.1, 0.15) is 51.0 Å². The van der Waals surface area contributed by atoms with Crippen molar-refractivity contribution in [2.75, 3.05) is 23.7 Å². The van der Waals surface area contributed by atoms with E-state index < -0.39 is 9.84 Å². The number of rotatable bonds is 7. The Morgan fingerprint density at radius 3 is 2.69 bits per heavy atom. The van der Waals surface area contributed by atoms with Crippen molar-refractivity contribution in [3.8, 4) is 0 Å². The number of hydrogen-bond donors (Lipinski definition) is 1. The molecule has 8 heteroatoms. The highest BCUT2D eigenvalue weighted by molar-refractivity contribution is 9.10. The van der Waals surface area contributed by atoms with E-state index in [2.05, 4.69) is 27.3 Å². The van der Waals surface area contributed by atoms with E-state index in [0.29, 0.717) is 29.7 Å². The van der Waals surface area contributed by atoms with Crippen LogP contribution in [0, 0.1) is 0 Å². The zero-order valence-electron chi connectivity index (χ0n) is 16.7. The third kappa shape index (κ3) is 5.48. The van der Waals surface area contributed by atoms with Crippen LogP contribution in [0.5, 0.6) is 0 Å². The van der Waals surface area contributed by atoms with E-state index in [9.17, 15) is 18.0 Å². The van der Waals surface area contributed by atoms with Crippen LogP contribution in [0.4, 0.5) is 5.69 Å². The maximum atomic E-state index is 12.8. The maximum absolute atomic E-state index is 12.8. The van der Waals surface area contributed by atoms with Crippen LogP contribution in [0.3, 0.4) is 0 Å². The molecule has 3 rings (SSSR count). The lowest BCUT2D eigenvalue weighted by Gasteiger charge is -2.16. The van der Waals surface area contributed by atoms with Crippen molar-refractivity contribution < 1.29 is 18.0 Å². The van der Waals surface area contributed by atoms with Crippen molar-refractivity contribution in [1.82, 2.24) is 5.32 Å². The third-order valence-corrected chi connectivity index (χ3v) is 8.16. The lowest BCUT2D eigenvalue weighted by atomic mass is 9.97. The van der Waals surface area contributed by atoms with E-state index in [1.165, 1.54) is 25.3 Å². The van der Waals surface area contributed by atoms with Crippen LogP contribution in [-0.2, 0) is 25.8 Å². The van der Waals surface area contributed by atoms with E-state index in [4.69, 9.17) is 0 Å². The summed E-state index contributed by atoms with van der Waals surface area (Å²) in [5.41, 5.74) is 2.96. The molecular weight excluding hydrogens is 456 g/mol. The van der Waals surface area contributed by atoms with Gasteiger partial charge < -0.3 is 10.2 Å². The first-order chi connectivity index (χ1) is 13.8. The van der Waals surface area contributed by atoms with Crippen molar-refractivity contribution >= 4 is 43.3 Å². The van der Waals surface area contributed by atoms with Crippen LogP contribution in [0.15, 0.2) is 33.2 Å². The fourth-order valence-electron chi connectivity index (χ4n) is 3.87. The molecule has 1 aliphatic carbocycles. The Labute approximate surface area is 180 Å².